The van der Waals surface area contributed by atoms with Crippen molar-refractivity contribution in [3.8, 4) is 0 Å². The molecule has 0 heterocycles. The van der Waals surface area contributed by atoms with Gasteiger partial charge in [0.1, 0.15) is 0 Å². The molecular formula is C68H112N2O8. The highest BCUT2D eigenvalue weighted by molar-refractivity contribution is 5.75. The Labute approximate surface area is 474 Å². The second-order valence-corrected chi connectivity index (χ2v) is 30.8. The maximum absolute atomic E-state index is 13.5. The molecule has 0 aromatic carbocycles. The van der Waals surface area contributed by atoms with Gasteiger partial charge in [0.05, 0.1) is 39.4 Å². The van der Waals surface area contributed by atoms with Crippen molar-refractivity contribution in [1.29, 1.82) is 0 Å². The molecule has 6 saturated carbocycles. The Morgan fingerprint density at radius 2 is 0.885 bits per heavy atom. The van der Waals surface area contributed by atoms with Crippen LogP contribution < -0.4 is 0 Å². The summed E-state index contributed by atoms with van der Waals surface area (Å²) in [4.78, 5) is 54.0. The number of carbonyl (C=O) groups is 4. The van der Waals surface area contributed by atoms with Gasteiger partial charge in [0.25, 0.3) is 0 Å². The van der Waals surface area contributed by atoms with Gasteiger partial charge >= 0.3 is 23.9 Å². The van der Waals surface area contributed by atoms with E-state index in [1.165, 1.54) is 99.7 Å². The van der Waals surface area contributed by atoms with E-state index in [0.29, 0.717) is 46.7 Å². The standard InChI is InChI=1S/C68H112N2O8/c1-45(2)15-13-17-47(5)53-19-21-55-65(53,9)33-27-57-63(7)29-23-49(37-51(63)25-31-67(55,57)11)43-77-61(75)41-69(39-59(71)72)35-36-70(40-60(73)74)42-62(76)78-44-50-24-30-64(8)52(38-50)26-32-68(12)56-22-20-54(48(6)18-14-16-46(3)4)66(56,10)34-28-58(64)68/h25-26,45-50,53-58H,13-24,27-44H2,1-12H3,(H,71,72)(H,73,74)/t47-,48-,49+,50+,53-,54-,55-,56-,57-,58-,63+,64+,65-,66-,67+,68+/m1/s1. The molecule has 16 atom stereocenters. The van der Waals surface area contributed by atoms with Gasteiger partial charge in [-0.05, 0) is 206 Å². The SMILES string of the molecule is CC(C)CCC[C@@H](C)[C@H]1CC[C@@H]2[C@]1(C)CC[C@H]1[C@@]2(C)CC=C2C[C@@H](COC(=O)CN(CCN(CC(=O)O)CC(=O)OC[C@H]3CC[C@@]4(C)C(=CC[C@@]5(C)[C@@H]6CC[C@H]([C@H](C)CCCC(C)C)[C@@]6(C)CC[C@@H]54)C3)CC(=O)O)CC[C@@]21C. The van der Waals surface area contributed by atoms with Crippen LogP contribution in [-0.4, -0.2) is 96.4 Å². The Bertz CT molecular complexity index is 2040. The van der Waals surface area contributed by atoms with E-state index in [9.17, 15) is 29.4 Å². The predicted octanol–water partition coefficient (Wildman–Crippen LogP) is 14.9. The van der Waals surface area contributed by atoms with E-state index in [2.05, 4.69) is 95.2 Å². The molecule has 442 valence electrons. The van der Waals surface area contributed by atoms with E-state index in [-0.39, 0.29) is 48.8 Å². The van der Waals surface area contributed by atoms with Crippen LogP contribution in [0.2, 0.25) is 0 Å². The van der Waals surface area contributed by atoms with Gasteiger partial charge in [-0.2, -0.15) is 0 Å². The number of carboxylic acid groups (broad SMARTS) is 2. The number of hydrogen-bond donors (Lipinski definition) is 2. The van der Waals surface area contributed by atoms with E-state index in [4.69, 9.17) is 9.47 Å². The van der Waals surface area contributed by atoms with Crippen LogP contribution in [0.25, 0.3) is 0 Å². The van der Waals surface area contributed by atoms with Crippen LogP contribution in [-0.2, 0) is 28.7 Å². The molecule has 2 N–H and O–H groups in total. The minimum absolute atomic E-state index is 0.0854. The fraction of sp³-hybridized carbons (Fsp3) is 0.882. The lowest BCUT2D eigenvalue weighted by Gasteiger charge is -2.63. The third kappa shape index (κ3) is 12.6. The molecule has 0 amide bonds. The smallest absolute Gasteiger partial charge is 0.320 e. The molecule has 0 spiro atoms. The number of ether oxygens (including phenoxy) is 2. The zero-order valence-corrected chi connectivity index (χ0v) is 51.5. The Morgan fingerprint density at radius 1 is 0.500 bits per heavy atom. The molecule has 0 aromatic rings. The van der Waals surface area contributed by atoms with Gasteiger partial charge < -0.3 is 19.7 Å². The van der Waals surface area contributed by atoms with Crippen LogP contribution in [0.3, 0.4) is 0 Å². The first kappa shape index (κ1) is 61.4. The fourth-order valence-electron chi connectivity index (χ4n) is 21.1. The minimum Gasteiger partial charge on any atom is -0.480 e. The molecule has 10 nitrogen and oxygen atoms in total. The molecule has 0 radical (unpaired) electrons. The first-order valence-corrected chi connectivity index (χ1v) is 32.3. The highest BCUT2D eigenvalue weighted by Crippen LogP contribution is 2.74. The topological polar surface area (TPSA) is 134 Å². The van der Waals surface area contributed by atoms with Crippen molar-refractivity contribution in [2.75, 3.05) is 52.5 Å². The molecule has 0 aliphatic heterocycles. The van der Waals surface area contributed by atoms with E-state index in [0.717, 1.165) is 98.7 Å². The normalized spacial score (nSPS) is 38.8. The van der Waals surface area contributed by atoms with E-state index in [1.807, 2.05) is 0 Å². The quantitative estimate of drug-likeness (QED) is 0.0672. The van der Waals surface area contributed by atoms with Crippen molar-refractivity contribution in [3.05, 3.63) is 23.3 Å². The number of aliphatic carboxylic acids is 2. The summed E-state index contributed by atoms with van der Waals surface area (Å²) in [6, 6.07) is 0. The Balaban J connectivity index is 0.793. The highest BCUT2D eigenvalue weighted by atomic mass is 16.5. The maximum atomic E-state index is 13.5. The zero-order valence-electron chi connectivity index (χ0n) is 51.5. The second kappa shape index (κ2) is 24.6. The lowest BCUT2D eigenvalue weighted by molar-refractivity contribution is -0.151. The minimum atomic E-state index is -1.09. The van der Waals surface area contributed by atoms with Crippen molar-refractivity contribution in [1.82, 2.24) is 9.80 Å². The first-order chi connectivity index (χ1) is 36.7. The largest absolute Gasteiger partial charge is 0.480 e. The van der Waals surface area contributed by atoms with Gasteiger partial charge in [0.2, 0.25) is 0 Å². The molecular weight excluding hydrogens is 973 g/mol. The van der Waals surface area contributed by atoms with Crippen LogP contribution in [0.4, 0.5) is 0 Å². The summed E-state index contributed by atoms with van der Waals surface area (Å²) in [6.45, 7) is 29.7. The van der Waals surface area contributed by atoms with Crippen LogP contribution in [0.1, 0.15) is 224 Å². The van der Waals surface area contributed by atoms with E-state index < -0.39 is 37.0 Å². The summed E-state index contributed by atoms with van der Waals surface area (Å²) < 4.78 is 11.9. The number of rotatable bonds is 25. The summed E-state index contributed by atoms with van der Waals surface area (Å²) in [5.41, 5.74) is 4.90. The first-order valence-electron chi connectivity index (χ1n) is 32.3. The molecule has 0 aromatic heterocycles. The third-order valence-corrected chi connectivity index (χ3v) is 25.1. The van der Waals surface area contributed by atoms with Crippen molar-refractivity contribution < 1.29 is 38.9 Å². The Morgan fingerprint density at radius 3 is 1.24 bits per heavy atom. The van der Waals surface area contributed by atoms with Crippen LogP contribution in [0.15, 0.2) is 23.3 Å². The maximum Gasteiger partial charge on any atom is 0.320 e. The molecule has 6 fully saturated rings. The zero-order chi connectivity index (χ0) is 56.6. The molecule has 10 heteroatoms. The number of hydrogen-bond acceptors (Lipinski definition) is 8. The third-order valence-electron chi connectivity index (χ3n) is 25.1. The van der Waals surface area contributed by atoms with Gasteiger partial charge in [0, 0.05) is 13.1 Å². The van der Waals surface area contributed by atoms with Gasteiger partial charge in [-0.1, -0.05) is 145 Å². The van der Waals surface area contributed by atoms with Crippen LogP contribution >= 0.6 is 0 Å². The average molecular weight is 1090 g/mol. The summed E-state index contributed by atoms with van der Waals surface area (Å²) in [6.07, 6.45) is 32.4. The molecule has 0 unspecified atom stereocenters. The van der Waals surface area contributed by atoms with Crippen molar-refractivity contribution >= 4 is 23.9 Å². The predicted molar refractivity (Wildman–Crippen MR) is 312 cm³/mol. The van der Waals surface area contributed by atoms with Gasteiger partial charge in [-0.25, -0.2) is 0 Å². The van der Waals surface area contributed by atoms with E-state index >= 15 is 0 Å². The van der Waals surface area contributed by atoms with Gasteiger partial charge in [-0.3, -0.25) is 29.0 Å². The number of allylic oxidation sites excluding steroid dienone is 4. The monoisotopic (exact) mass is 1080 g/mol. The van der Waals surface area contributed by atoms with Crippen molar-refractivity contribution in [3.63, 3.8) is 0 Å². The summed E-state index contributed by atoms with van der Waals surface area (Å²) in [7, 11) is 0. The summed E-state index contributed by atoms with van der Waals surface area (Å²) in [5.74, 6) is 4.94. The molecule has 0 saturated heterocycles. The number of carboxylic acids is 2. The molecule has 78 heavy (non-hydrogen) atoms. The molecule has 8 aliphatic carbocycles. The van der Waals surface area contributed by atoms with Crippen molar-refractivity contribution in [2.24, 2.45) is 104 Å². The Hall–Kier alpha value is -2.72. The second-order valence-electron chi connectivity index (χ2n) is 30.8. The van der Waals surface area contributed by atoms with Crippen LogP contribution in [0.5, 0.6) is 0 Å². The summed E-state index contributed by atoms with van der Waals surface area (Å²) >= 11 is 0. The fourth-order valence-corrected chi connectivity index (χ4v) is 21.1. The lowest BCUT2D eigenvalue weighted by atomic mass is 9.41. The van der Waals surface area contributed by atoms with Crippen LogP contribution in [0, 0.1) is 104 Å². The lowest BCUT2D eigenvalue weighted by Crippen LogP contribution is -2.56. The Kier molecular flexibility index (Phi) is 19.4. The summed E-state index contributed by atoms with van der Waals surface area (Å²) in [5, 5.41) is 19.7. The number of nitrogens with zero attached hydrogens (tertiary/aromatic N) is 2. The van der Waals surface area contributed by atoms with E-state index in [1.54, 1.807) is 11.1 Å². The number of fused-ring (bicyclic) bond motifs is 10. The number of esters is 2. The highest BCUT2D eigenvalue weighted by Gasteiger charge is 2.66. The molecule has 8 aliphatic rings. The number of carbonyl (C=O) groups excluding carboxylic acids is 2. The molecule has 0 bridgehead atoms. The average Bonchev–Trinajstić information content (AvgIpc) is 3.37. The van der Waals surface area contributed by atoms with Gasteiger partial charge in [0.15, 0.2) is 0 Å². The van der Waals surface area contributed by atoms with Gasteiger partial charge in [-0.15, -0.1) is 0 Å². The van der Waals surface area contributed by atoms with Crippen molar-refractivity contribution in [2.45, 2.75) is 224 Å². The molecule has 8 rings (SSSR count).